The largest absolute Gasteiger partial charge is 0.390 e. The van der Waals surface area contributed by atoms with Crippen molar-refractivity contribution >= 4 is 5.69 Å². The van der Waals surface area contributed by atoms with E-state index < -0.39 is 11.0 Å². The van der Waals surface area contributed by atoms with E-state index in [2.05, 4.69) is 23.8 Å². The number of aliphatic hydroxyl groups is 1. The van der Waals surface area contributed by atoms with Crippen molar-refractivity contribution in [2.75, 3.05) is 19.6 Å². The zero-order valence-corrected chi connectivity index (χ0v) is 13.4. The van der Waals surface area contributed by atoms with Crippen molar-refractivity contribution in [3.05, 3.63) is 22.5 Å². The molecule has 1 N–H and O–H groups in total. The van der Waals surface area contributed by atoms with E-state index in [-0.39, 0.29) is 12.2 Å². The number of aromatic nitrogens is 2. The lowest BCUT2D eigenvalue weighted by atomic mass is 9.89. The third kappa shape index (κ3) is 4.78. The summed E-state index contributed by atoms with van der Waals surface area (Å²) in [4.78, 5) is 12.4. The maximum Gasteiger partial charge on any atom is 0.306 e. The Morgan fingerprint density at radius 2 is 2.18 bits per heavy atom. The van der Waals surface area contributed by atoms with Gasteiger partial charge in [0.2, 0.25) is 0 Å². The number of rotatable bonds is 6. The average Bonchev–Trinajstić information content (AvgIpc) is 2.77. The van der Waals surface area contributed by atoms with Gasteiger partial charge in [0.25, 0.3) is 0 Å². The van der Waals surface area contributed by atoms with E-state index in [0.717, 1.165) is 24.9 Å². The summed E-state index contributed by atoms with van der Waals surface area (Å²) in [7, 11) is 0. The Hall–Kier alpha value is -1.47. The van der Waals surface area contributed by atoms with Gasteiger partial charge in [-0.25, -0.2) is 0 Å². The van der Waals surface area contributed by atoms with E-state index in [1.807, 2.05) is 0 Å². The summed E-state index contributed by atoms with van der Waals surface area (Å²) in [5.74, 6) is 1.49. The van der Waals surface area contributed by atoms with E-state index in [1.165, 1.54) is 36.3 Å². The summed E-state index contributed by atoms with van der Waals surface area (Å²) < 4.78 is 1.44. The van der Waals surface area contributed by atoms with Crippen molar-refractivity contribution in [2.45, 2.75) is 45.8 Å². The molecule has 2 heterocycles. The zero-order chi connectivity index (χ0) is 16.1. The number of likely N-dealkylation sites (tertiary alicyclic amines) is 1. The van der Waals surface area contributed by atoms with Crippen LogP contribution in [0.2, 0.25) is 0 Å². The van der Waals surface area contributed by atoms with Crippen LogP contribution in [0, 0.1) is 22.0 Å². The van der Waals surface area contributed by atoms with E-state index in [4.69, 9.17) is 0 Å². The quantitative estimate of drug-likeness (QED) is 0.641. The van der Waals surface area contributed by atoms with Gasteiger partial charge in [-0.15, -0.1) is 0 Å². The Balaban J connectivity index is 1.81. The predicted octanol–water partition coefficient (Wildman–Crippen LogP) is 1.91. The standard InChI is InChI=1S/C15H26N4O3/c1-12(2)13-4-3-6-17(7-5-13)10-15(20)11-18-9-14(8-16-18)19(21)22/h8-9,12-13,15,20H,3-7,10-11H2,1-2H3. The number of nitro groups is 1. The predicted molar refractivity (Wildman–Crippen MR) is 83.5 cm³/mol. The van der Waals surface area contributed by atoms with E-state index in [0.29, 0.717) is 6.54 Å². The highest BCUT2D eigenvalue weighted by molar-refractivity contribution is 5.20. The first-order valence-corrected chi connectivity index (χ1v) is 8.03. The van der Waals surface area contributed by atoms with Gasteiger partial charge in [0.1, 0.15) is 12.4 Å². The minimum atomic E-state index is -0.560. The first kappa shape index (κ1) is 16.9. The van der Waals surface area contributed by atoms with E-state index in [1.54, 1.807) is 0 Å². The van der Waals surface area contributed by atoms with Crippen molar-refractivity contribution in [3.8, 4) is 0 Å². The van der Waals surface area contributed by atoms with Crippen LogP contribution in [0.25, 0.3) is 0 Å². The van der Waals surface area contributed by atoms with Gasteiger partial charge in [-0.2, -0.15) is 5.10 Å². The molecule has 0 spiro atoms. The smallest absolute Gasteiger partial charge is 0.306 e. The summed E-state index contributed by atoms with van der Waals surface area (Å²) in [5, 5.41) is 24.7. The number of hydrogen-bond acceptors (Lipinski definition) is 5. The highest BCUT2D eigenvalue weighted by Gasteiger charge is 2.21. The molecule has 22 heavy (non-hydrogen) atoms. The lowest BCUT2D eigenvalue weighted by Crippen LogP contribution is -2.35. The van der Waals surface area contributed by atoms with Crippen LogP contribution in [-0.4, -0.2) is 50.4 Å². The van der Waals surface area contributed by atoms with E-state index >= 15 is 0 Å². The molecule has 2 unspecified atom stereocenters. The monoisotopic (exact) mass is 310 g/mol. The highest BCUT2D eigenvalue weighted by Crippen LogP contribution is 2.24. The molecule has 1 aromatic rings. The third-order valence-corrected chi connectivity index (χ3v) is 4.51. The van der Waals surface area contributed by atoms with Crippen LogP contribution < -0.4 is 0 Å². The van der Waals surface area contributed by atoms with Gasteiger partial charge >= 0.3 is 5.69 Å². The van der Waals surface area contributed by atoms with Crippen LogP contribution in [0.4, 0.5) is 5.69 Å². The van der Waals surface area contributed by atoms with Gasteiger partial charge in [0, 0.05) is 6.54 Å². The van der Waals surface area contributed by atoms with Crippen molar-refractivity contribution in [1.82, 2.24) is 14.7 Å². The molecule has 0 aromatic carbocycles. The minimum absolute atomic E-state index is 0.0400. The number of nitrogens with zero attached hydrogens (tertiary/aromatic N) is 4. The zero-order valence-electron chi connectivity index (χ0n) is 13.4. The summed E-state index contributed by atoms with van der Waals surface area (Å²) in [6, 6.07) is 0. The SMILES string of the molecule is CC(C)C1CCCN(CC(O)Cn2cc([N+](=O)[O-])cn2)CC1. The van der Waals surface area contributed by atoms with Crippen LogP contribution in [0.15, 0.2) is 12.4 Å². The van der Waals surface area contributed by atoms with Crippen molar-refractivity contribution in [3.63, 3.8) is 0 Å². The Bertz CT molecular complexity index is 489. The number of aliphatic hydroxyl groups excluding tert-OH is 1. The van der Waals surface area contributed by atoms with Crippen LogP contribution in [-0.2, 0) is 6.54 Å². The Morgan fingerprint density at radius 1 is 1.41 bits per heavy atom. The number of β-amino-alcohol motifs (C(OH)–C–C–N with tert-alkyl or cyclic N) is 1. The fourth-order valence-corrected chi connectivity index (χ4v) is 3.15. The van der Waals surface area contributed by atoms with Crippen molar-refractivity contribution in [2.24, 2.45) is 11.8 Å². The van der Waals surface area contributed by atoms with E-state index in [9.17, 15) is 15.2 Å². The van der Waals surface area contributed by atoms with Crippen LogP contribution >= 0.6 is 0 Å². The van der Waals surface area contributed by atoms with Crippen molar-refractivity contribution in [1.29, 1.82) is 0 Å². The summed E-state index contributed by atoms with van der Waals surface area (Å²) >= 11 is 0. The fraction of sp³-hybridized carbons (Fsp3) is 0.800. The molecule has 7 nitrogen and oxygen atoms in total. The molecular formula is C15H26N4O3. The molecule has 0 bridgehead atoms. The molecule has 7 heteroatoms. The molecule has 0 radical (unpaired) electrons. The maximum atomic E-state index is 10.6. The lowest BCUT2D eigenvalue weighted by Gasteiger charge is -2.23. The lowest BCUT2D eigenvalue weighted by molar-refractivity contribution is -0.385. The van der Waals surface area contributed by atoms with Gasteiger partial charge in [-0.3, -0.25) is 14.8 Å². The molecule has 0 saturated carbocycles. The van der Waals surface area contributed by atoms with Gasteiger partial charge in [0.05, 0.1) is 17.6 Å². The third-order valence-electron chi connectivity index (χ3n) is 4.51. The van der Waals surface area contributed by atoms with Gasteiger partial charge < -0.3 is 10.0 Å². The molecule has 124 valence electrons. The Kier molecular flexibility index (Phi) is 5.90. The molecule has 0 aliphatic carbocycles. The second-order valence-electron chi connectivity index (χ2n) is 6.57. The molecule has 1 aliphatic rings. The average molecular weight is 310 g/mol. The molecule has 2 rings (SSSR count). The molecule has 2 atom stereocenters. The van der Waals surface area contributed by atoms with Crippen molar-refractivity contribution < 1.29 is 10.0 Å². The topological polar surface area (TPSA) is 84.4 Å². The Morgan fingerprint density at radius 3 is 2.82 bits per heavy atom. The second kappa shape index (κ2) is 7.69. The van der Waals surface area contributed by atoms with Crippen LogP contribution in [0.3, 0.4) is 0 Å². The molecular weight excluding hydrogens is 284 g/mol. The molecule has 1 aromatic heterocycles. The van der Waals surface area contributed by atoms with Gasteiger partial charge in [0.15, 0.2) is 0 Å². The summed E-state index contributed by atoms with van der Waals surface area (Å²) in [6.07, 6.45) is 5.62. The van der Waals surface area contributed by atoms with Gasteiger partial charge in [-0.1, -0.05) is 13.8 Å². The fourth-order valence-electron chi connectivity index (χ4n) is 3.15. The summed E-state index contributed by atoms with van der Waals surface area (Å²) in [5.41, 5.74) is -0.0400. The molecule has 1 saturated heterocycles. The Labute approximate surface area is 131 Å². The molecule has 1 fully saturated rings. The second-order valence-corrected chi connectivity index (χ2v) is 6.57. The summed E-state index contributed by atoms with van der Waals surface area (Å²) in [6.45, 7) is 7.47. The number of hydrogen-bond donors (Lipinski definition) is 1. The van der Waals surface area contributed by atoms with Gasteiger partial charge in [-0.05, 0) is 44.2 Å². The minimum Gasteiger partial charge on any atom is -0.390 e. The first-order valence-electron chi connectivity index (χ1n) is 8.03. The normalized spacial score (nSPS) is 21.7. The maximum absolute atomic E-state index is 10.6. The molecule has 0 amide bonds. The first-order chi connectivity index (χ1) is 10.5. The highest BCUT2D eigenvalue weighted by atomic mass is 16.6. The van der Waals surface area contributed by atoms with Crippen LogP contribution in [0.5, 0.6) is 0 Å². The molecule has 1 aliphatic heterocycles. The van der Waals surface area contributed by atoms with Crippen LogP contribution in [0.1, 0.15) is 33.1 Å².